The number of para-hydroxylation sites is 1. The Balaban J connectivity index is 1.66. The van der Waals surface area contributed by atoms with Crippen LogP contribution in [0.15, 0.2) is 30.5 Å². The number of carbonyl (C=O) groups is 1. The second-order valence-corrected chi connectivity index (χ2v) is 5.65. The van der Waals surface area contributed by atoms with Gasteiger partial charge in [0.25, 0.3) is 0 Å². The van der Waals surface area contributed by atoms with Crippen LogP contribution in [0.5, 0.6) is 0 Å². The van der Waals surface area contributed by atoms with Crippen LogP contribution in [0.1, 0.15) is 38.2 Å². The molecule has 0 saturated carbocycles. The third-order valence-electron chi connectivity index (χ3n) is 4.45. The Morgan fingerprint density at radius 3 is 3.10 bits per heavy atom. The average molecular weight is 270 g/mol. The van der Waals surface area contributed by atoms with Gasteiger partial charge in [-0.2, -0.15) is 0 Å². The van der Waals surface area contributed by atoms with Crippen LogP contribution in [0.4, 0.5) is 0 Å². The molecule has 1 atom stereocenters. The van der Waals surface area contributed by atoms with Gasteiger partial charge in [-0.3, -0.25) is 4.79 Å². The Hall–Kier alpha value is -1.77. The zero-order valence-corrected chi connectivity index (χ0v) is 12.1. The van der Waals surface area contributed by atoms with Crippen molar-refractivity contribution in [3.05, 3.63) is 36.0 Å². The van der Waals surface area contributed by atoms with Gasteiger partial charge in [0.2, 0.25) is 5.91 Å². The Kier molecular flexibility index (Phi) is 3.77. The molecule has 1 fully saturated rings. The molecule has 3 heteroatoms. The molecule has 0 aliphatic carbocycles. The van der Waals surface area contributed by atoms with Gasteiger partial charge < -0.3 is 9.88 Å². The second kappa shape index (κ2) is 5.70. The van der Waals surface area contributed by atoms with Gasteiger partial charge in [0, 0.05) is 36.1 Å². The van der Waals surface area contributed by atoms with Crippen LogP contribution < -0.4 is 0 Å². The Morgan fingerprint density at radius 1 is 1.40 bits per heavy atom. The van der Waals surface area contributed by atoms with E-state index in [1.165, 1.54) is 17.4 Å². The molecule has 2 aromatic rings. The minimum Gasteiger partial charge on any atom is -0.361 e. The van der Waals surface area contributed by atoms with Crippen LogP contribution in [0.25, 0.3) is 10.9 Å². The fourth-order valence-electron chi connectivity index (χ4n) is 3.31. The number of amides is 1. The standard InChI is InChI=1S/C17H22N2O/c1-2-14-6-5-11-19(14)17(20)10-9-13-12-18-16-8-4-3-7-15(13)16/h3-4,7-8,12,14,18H,2,5-6,9-11H2,1H3. The number of nitrogens with one attached hydrogen (secondary N) is 1. The summed E-state index contributed by atoms with van der Waals surface area (Å²) in [7, 11) is 0. The number of hydrogen-bond acceptors (Lipinski definition) is 1. The lowest BCUT2D eigenvalue weighted by Crippen LogP contribution is -2.35. The summed E-state index contributed by atoms with van der Waals surface area (Å²) in [6.45, 7) is 3.13. The number of aromatic nitrogens is 1. The first-order valence-electron chi connectivity index (χ1n) is 7.64. The van der Waals surface area contributed by atoms with E-state index in [0.717, 1.165) is 31.3 Å². The number of rotatable bonds is 4. The number of nitrogens with zero attached hydrogens (tertiary/aromatic N) is 1. The molecule has 1 N–H and O–H groups in total. The third kappa shape index (κ3) is 2.45. The van der Waals surface area contributed by atoms with Gasteiger partial charge in [0.05, 0.1) is 0 Å². The molecule has 1 aromatic carbocycles. The van der Waals surface area contributed by atoms with E-state index in [0.29, 0.717) is 18.4 Å². The smallest absolute Gasteiger partial charge is 0.223 e. The number of hydrogen-bond donors (Lipinski definition) is 1. The van der Waals surface area contributed by atoms with Crippen molar-refractivity contribution in [3.8, 4) is 0 Å². The Bertz CT molecular complexity index is 602. The first-order chi connectivity index (χ1) is 9.79. The minimum atomic E-state index is 0.319. The number of H-pyrrole nitrogens is 1. The third-order valence-corrected chi connectivity index (χ3v) is 4.45. The van der Waals surface area contributed by atoms with Gasteiger partial charge in [-0.05, 0) is 37.3 Å². The molecule has 20 heavy (non-hydrogen) atoms. The fourth-order valence-corrected chi connectivity index (χ4v) is 3.31. The average Bonchev–Trinajstić information content (AvgIpc) is 3.11. The number of aromatic amines is 1. The van der Waals surface area contributed by atoms with Gasteiger partial charge in [-0.15, -0.1) is 0 Å². The molecule has 3 rings (SSSR count). The van der Waals surface area contributed by atoms with Crippen LogP contribution >= 0.6 is 0 Å². The first kappa shape index (κ1) is 13.2. The molecule has 0 bridgehead atoms. The number of fused-ring (bicyclic) bond motifs is 1. The van der Waals surface area contributed by atoms with Crippen LogP contribution in [0.3, 0.4) is 0 Å². The van der Waals surface area contributed by atoms with Gasteiger partial charge in [-0.25, -0.2) is 0 Å². The summed E-state index contributed by atoms with van der Waals surface area (Å²) in [5, 5.41) is 1.24. The largest absolute Gasteiger partial charge is 0.361 e. The van der Waals surface area contributed by atoms with E-state index in [1.54, 1.807) is 0 Å². The Morgan fingerprint density at radius 2 is 2.25 bits per heavy atom. The Labute approximate surface area is 120 Å². The van der Waals surface area contributed by atoms with Gasteiger partial charge in [-0.1, -0.05) is 25.1 Å². The van der Waals surface area contributed by atoms with Crippen LogP contribution in [0.2, 0.25) is 0 Å². The number of benzene rings is 1. The SMILES string of the molecule is CCC1CCCN1C(=O)CCc1c[nH]c2ccccc12. The normalized spacial score (nSPS) is 18.9. The van der Waals surface area contributed by atoms with Gasteiger partial charge >= 0.3 is 0 Å². The van der Waals surface area contributed by atoms with E-state index in [9.17, 15) is 4.79 Å². The first-order valence-corrected chi connectivity index (χ1v) is 7.64. The monoisotopic (exact) mass is 270 g/mol. The van der Waals surface area contributed by atoms with Crippen LogP contribution in [-0.2, 0) is 11.2 Å². The molecular formula is C17H22N2O. The minimum absolute atomic E-state index is 0.319. The fraction of sp³-hybridized carbons (Fsp3) is 0.471. The van der Waals surface area contributed by atoms with E-state index in [4.69, 9.17) is 0 Å². The summed E-state index contributed by atoms with van der Waals surface area (Å²) < 4.78 is 0. The van der Waals surface area contributed by atoms with E-state index < -0.39 is 0 Å². The van der Waals surface area contributed by atoms with E-state index in [-0.39, 0.29) is 0 Å². The predicted octanol–water partition coefficient (Wildman–Crippen LogP) is 3.50. The highest BCUT2D eigenvalue weighted by molar-refractivity contribution is 5.84. The number of carbonyl (C=O) groups excluding carboxylic acids is 1. The number of likely N-dealkylation sites (tertiary alicyclic amines) is 1. The molecule has 2 heterocycles. The summed E-state index contributed by atoms with van der Waals surface area (Å²) in [6, 6.07) is 8.76. The lowest BCUT2D eigenvalue weighted by Gasteiger charge is -2.23. The molecule has 0 spiro atoms. The van der Waals surface area contributed by atoms with E-state index >= 15 is 0 Å². The highest BCUT2D eigenvalue weighted by atomic mass is 16.2. The van der Waals surface area contributed by atoms with Crippen molar-refractivity contribution in [2.45, 2.75) is 45.1 Å². The molecular weight excluding hydrogens is 248 g/mol. The van der Waals surface area contributed by atoms with Crippen molar-refractivity contribution < 1.29 is 4.79 Å². The zero-order chi connectivity index (χ0) is 13.9. The highest BCUT2D eigenvalue weighted by Gasteiger charge is 2.26. The summed E-state index contributed by atoms with van der Waals surface area (Å²) in [4.78, 5) is 17.7. The summed E-state index contributed by atoms with van der Waals surface area (Å²) in [5.74, 6) is 0.319. The second-order valence-electron chi connectivity index (χ2n) is 5.65. The van der Waals surface area contributed by atoms with Crippen LogP contribution in [-0.4, -0.2) is 28.4 Å². The predicted molar refractivity (Wildman–Crippen MR) is 81.6 cm³/mol. The van der Waals surface area contributed by atoms with Crippen LogP contribution in [0, 0.1) is 0 Å². The van der Waals surface area contributed by atoms with Crippen molar-refractivity contribution in [3.63, 3.8) is 0 Å². The maximum atomic E-state index is 12.4. The van der Waals surface area contributed by atoms with Crippen molar-refractivity contribution in [1.29, 1.82) is 0 Å². The lowest BCUT2D eigenvalue weighted by atomic mass is 10.1. The molecule has 106 valence electrons. The molecule has 1 unspecified atom stereocenters. The quantitative estimate of drug-likeness (QED) is 0.907. The van der Waals surface area contributed by atoms with Gasteiger partial charge in [0.15, 0.2) is 0 Å². The summed E-state index contributed by atoms with van der Waals surface area (Å²) >= 11 is 0. The molecule has 1 amide bonds. The number of aryl methyl sites for hydroxylation is 1. The lowest BCUT2D eigenvalue weighted by molar-refractivity contribution is -0.132. The maximum Gasteiger partial charge on any atom is 0.223 e. The zero-order valence-electron chi connectivity index (χ0n) is 12.1. The molecule has 3 nitrogen and oxygen atoms in total. The van der Waals surface area contributed by atoms with Crippen molar-refractivity contribution in [2.75, 3.05) is 6.54 Å². The summed E-state index contributed by atoms with van der Waals surface area (Å²) in [5.41, 5.74) is 2.41. The van der Waals surface area contributed by atoms with E-state index in [1.807, 2.05) is 12.3 Å². The molecule has 0 radical (unpaired) electrons. The van der Waals surface area contributed by atoms with Crippen molar-refractivity contribution in [2.24, 2.45) is 0 Å². The highest BCUT2D eigenvalue weighted by Crippen LogP contribution is 2.23. The molecule has 1 aliphatic rings. The molecule has 1 saturated heterocycles. The summed E-state index contributed by atoms with van der Waals surface area (Å²) in [6.07, 6.45) is 6.92. The molecule has 1 aliphatic heterocycles. The topological polar surface area (TPSA) is 36.1 Å². The maximum absolute atomic E-state index is 12.4. The molecule has 1 aromatic heterocycles. The van der Waals surface area contributed by atoms with E-state index in [2.05, 4.69) is 35.0 Å². The van der Waals surface area contributed by atoms with Gasteiger partial charge in [0.1, 0.15) is 0 Å². The van der Waals surface area contributed by atoms with Crippen molar-refractivity contribution in [1.82, 2.24) is 9.88 Å². The van der Waals surface area contributed by atoms with Crippen molar-refractivity contribution >= 4 is 16.8 Å².